The molecule has 124 valence electrons. The van der Waals surface area contributed by atoms with Crippen molar-refractivity contribution in [3.63, 3.8) is 0 Å². The summed E-state index contributed by atoms with van der Waals surface area (Å²) in [6.07, 6.45) is -2.21. The van der Waals surface area contributed by atoms with Gasteiger partial charge in [-0.3, -0.25) is 4.79 Å². The lowest BCUT2D eigenvalue weighted by Gasteiger charge is -2.27. The van der Waals surface area contributed by atoms with Gasteiger partial charge in [-0.1, -0.05) is 13.0 Å². The molecule has 1 amide bonds. The van der Waals surface area contributed by atoms with E-state index in [4.69, 9.17) is 0 Å². The average Bonchev–Trinajstić information content (AvgIpc) is 2.90. The molecule has 1 aromatic rings. The largest absolute Gasteiger partial charge is 0.416 e. The number of hydrogen-bond acceptors (Lipinski definition) is 2. The van der Waals surface area contributed by atoms with Crippen LogP contribution in [0.3, 0.4) is 0 Å². The molecule has 22 heavy (non-hydrogen) atoms. The first-order valence-corrected chi connectivity index (χ1v) is 7.03. The molecule has 0 bridgehead atoms. The minimum atomic E-state index is -4.42. The van der Waals surface area contributed by atoms with E-state index in [0.29, 0.717) is 18.4 Å². The Morgan fingerprint density at radius 1 is 1.41 bits per heavy atom. The first kappa shape index (κ1) is 18.8. The summed E-state index contributed by atoms with van der Waals surface area (Å²) < 4.78 is 38.3. The van der Waals surface area contributed by atoms with Gasteiger partial charge in [-0.15, -0.1) is 12.4 Å². The Bertz CT molecular complexity index is 540. The molecule has 1 aromatic carbocycles. The molecule has 1 fully saturated rings. The fourth-order valence-corrected chi connectivity index (χ4v) is 2.64. The number of nitrogens with one attached hydrogen (secondary N) is 2. The van der Waals surface area contributed by atoms with Crippen LogP contribution in [0.2, 0.25) is 0 Å². The topological polar surface area (TPSA) is 41.1 Å². The Hall–Kier alpha value is -1.27. The van der Waals surface area contributed by atoms with Crippen molar-refractivity contribution in [2.45, 2.75) is 44.8 Å². The van der Waals surface area contributed by atoms with Crippen LogP contribution in [0.4, 0.5) is 18.9 Å². The zero-order valence-corrected chi connectivity index (χ0v) is 13.3. The summed E-state index contributed by atoms with van der Waals surface area (Å²) in [5.41, 5.74) is -0.592. The van der Waals surface area contributed by atoms with Crippen molar-refractivity contribution < 1.29 is 18.0 Å². The lowest BCUT2D eigenvalue weighted by molar-refractivity contribution is -0.137. The van der Waals surface area contributed by atoms with Crippen molar-refractivity contribution in [2.24, 2.45) is 0 Å². The fourth-order valence-electron chi connectivity index (χ4n) is 2.64. The predicted octanol–water partition coefficient (Wildman–Crippen LogP) is 3.91. The lowest BCUT2D eigenvalue weighted by Crippen LogP contribution is -2.50. The van der Waals surface area contributed by atoms with Gasteiger partial charge in [0.05, 0.1) is 11.1 Å². The van der Waals surface area contributed by atoms with E-state index in [1.165, 1.54) is 6.07 Å². The molecule has 1 aliphatic rings. The maximum Gasteiger partial charge on any atom is 0.416 e. The molecule has 1 atom stereocenters. The normalized spacial score (nSPS) is 21.3. The third-order valence-electron chi connectivity index (χ3n) is 4.10. The van der Waals surface area contributed by atoms with E-state index in [1.54, 1.807) is 6.92 Å². The number of benzene rings is 1. The monoisotopic (exact) mass is 336 g/mol. The van der Waals surface area contributed by atoms with E-state index in [-0.39, 0.29) is 24.0 Å². The van der Waals surface area contributed by atoms with E-state index in [0.717, 1.165) is 25.1 Å². The van der Waals surface area contributed by atoms with Crippen molar-refractivity contribution in [1.82, 2.24) is 5.32 Å². The zero-order chi connectivity index (χ0) is 15.7. The number of carbonyl (C=O) groups excluding carboxylic acids is 1. The third kappa shape index (κ3) is 3.73. The summed E-state index contributed by atoms with van der Waals surface area (Å²) in [4.78, 5) is 12.4. The van der Waals surface area contributed by atoms with E-state index in [1.807, 2.05) is 6.92 Å². The molecule has 0 radical (unpaired) electrons. The molecule has 1 aliphatic heterocycles. The van der Waals surface area contributed by atoms with Crippen molar-refractivity contribution in [2.75, 3.05) is 11.9 Å². The second kappa shape index (κ2) is 6.87. The third-order valence-corrected chi connectivity index (χ3v) is 4.10. The van der Waals surface area contributed by atoms with Crippen molar-refractivity contribution in [3.05, 3.63) is 29.3 Å². The Balaban J connectivity index is 0.00000242. The molecule has 2 N–H and O–H groups in total. The summed E-state index contributed by atoms with van der Waals surface area (Å²) in [6, 6.07) is 3.39. The van der Waals surface area contributed by atoms with Gasteiger partial charge < -0.3 is 10.6 Å². The molecule has 7 heteroatoms. The highest BCUT2D eigenvalue weighted by molar-refractivity contribution is 5.99. The van der Waals surface area contributed by atoms with Gasteiger partial charge >= 0.3 is 6.18 Å². The van der Waals surface area contributed by atoms with Crippen LogP contribution in [0.5, 0.6) is 0 Å². The summed E-state index contributed by atoms with van der Waals surface area (Å²) in [6.45, 7) is 4.33. The van der Waals surface area contributed by atoms with Crippen LogP contribution in [0, 0.1) is 6.92 Å². The van der Waals surface area contributed by atoms with E-state index in [9.17, 15) is 18.0 Å². The predicted molar refractivity (Wildman–Crippen MR) is 82.3 cm³/mol. The highest BCUT2D eigenvalue weighted by atomic mass is 35.5. The standard InChI is InChI=1S/C15H19F3N2O.ClH/c1-3-14(7-4-8-19-14)13(21)20-12-9-11(15(16,17)18)6-5-10(12)2;/h5-6,9,19H,3-4,7-8H2,1-2H3,(H,20,21);1H. The second-order valence-corrected chi connectivity index (χ2v) is 5.45. The Morgan fingerprint density at radius 3 is 2.59 bits per heavy atom. The number of carbonyl (C=O) groups is 1. The number of alkyl halides is 3. The Morgan fingerprint density at radius 2 is 2.09 bits per heavy atom. The number of halogens is 4. The zero-order valence-electron chi connectivity index (χ0n) is 12.5. The molecule has 0 aromatic heterocycles. The molecule has 1 unspecified atom stereocenters. The molecular formula is C15H20ClF3N2O. The van der Waals surface area contributed by atoms with Crippen LogP contribution in [0.1, 0.15) is 37.3 Å². The lowest BCUT2D eigenvalue weighted by atomic mass is 9.93. The Labute approximate surface area is 134 Å². The molecule has 2 rings (SSSR count). The average molecular weight is 337 g/mol. The smallest absolute Gasteiger partial charge is 0.324 e. The van der Waals surface area contributed by atoms with Crippen LogP contribution in [-0.4, -0.2) is 18.0 Å². The first-order valence-electron chi connectivity index (χ1n) is 7.03. The van der Waals surface area contributed by atoms with Gasteiger partial charge in [-0.25, -0.2) is 0 Å². The van der Waals surface area contributed by atoms with Crippen LogP contribution in [0.25, 0.3) is 0 Å². The molecule has 0 aliphatic carbocycles. The van der Waals surface area contributed by atoms with Crippen molar-refractivity contribution >= 4 is 24.0 Å². The fraction of sp³-hybridized carbons (Fsp3) is 0.533. The van der Waals surface area contributed by atoms with E-state index < -0.39 is 17.3 Å². The van der Waals surface area contributed by atoms with Crippen molar-refractivity contribution in [3.8, 4) is 0 Å². The minimum Gasteiger partial charge on any atom is -0.324 e. The molecule has 3 nitrogen and oxygen atoms in total. The summed E-state index contributed by atoms with van der Waals surface area (Å²) >= 11 is 0. The summed E-state index contributed by atoms with van der Waals surface area (Å²) in [7, 11) is 0. The highest BCUT2D eigenvalue weighted by Crippen LogP contribution is 2.33. The highest BCUT2D eigenvalue weighted by Gasteiger charge is 2.39. The molecule has 1 heterocycles. The number of amides is 1. The van der Waals surface area contributed by atoms with Gasteiger partial charge in [0.25, 0.3) is 0 Å². The van der Waals surface area contributed by atoms with Gasteiger partial charge in [0, 0.05) is 5.69 Å². The maximum atomic E-state index is 12.8. The van der Waals surface area contributed by atoms with Crippen LogP contribution in [-0.2, 0) is 11.0 Å². The molecule has 1 saturated heterocycles. The number of hydrogen-bond donors (Lipinski definition) is 2. The quantitative estimate of drug-likeness (QED) is 0.878. The first-order chi connectivity index (χ1) is 9.78. The van der Waals surface area contributed by atoms with Crippen LogP contribution < -0.4 is 10.6 Å². The van der Waals surface area contributed by atoms with Crippen molar-refractivity contribution in [1.29, 1.82) is 0 Å². The molecular weight excluding hydrogens is 317 g/mol. The van der Waals surface area contributed by atoms with Gasteiger partial charge in [-0.05, 0) is 50.4 Å². The summed E-state index contributed by atoms with van der Waals surface area (Å²) in [5.74, 6) is -0.259. The number of aryl methyl sites for hydroxylation is 1. The SMILES string of the molecule is CCC1(C(=O)Nc2cc(C(F)(F)F)ccc2C)CCCN1.Cl. The van der Waals surface area contributed by atoms with Gasteiger partial charge in [0.15, 0.2) is 0 Å². The second-order valence-electron chi connectivity index (χ2n) is 5.45. The van der Waals surface area contributed by atoms with E-state index >= 15 is 0 Å². The van der Waals surface area contributed by atoms with E-state index in [2.05, 4.69) is 10.6 Å². The molecule has 0 spiro atoms. The van der Waals surface area contributed by atoms with Crippen LogP contribution >= 0.6 is 12.4 Å². The molecule has 0 saturated carbocycles. The van der Waals surface area contributed by atoms with Gasteiger partial charge in [-0.2, -0.15) is 13.2 Å². The van der Waals surface area contributed by atoms with Gasteiger partial charge in [0.1, 0.15) is 0 Å². The maximum absolute atomic E-state index is 12.8. The van der Waals surface area contributed by atoms with Crippen LogP contribution in [0.15, 0.2) is 18.2 Å². The van der Waals surface area contributed by atoms with Gasteiger partial charge in [0.2, 0.25) is 5.91 Å². The number of rotatable bonds is 3. The summed E-state index contributed by atoms with van der Waals surface area (Å²) in [5, 5.41) is 5.82. The Kier molecular flexibility index (Phi) is 5.87. The minimum absolute atomic E-state index is 0. The number of anilines is 1.